The zero-order valence-corrected chi connectivity index (χ0v) is 12.4. The maximum atomic E-state index is 13.3. The Morgan fingerprint density at radius 1 is 0.864 bits per heavy atom. The van der Waals surface area contributed by atoms with E-state index in [1.165, 1.54) is 30.3 Å². The molecular weight excluding hydrogens is 291 g/mol. The van der Waals surface area contributed by atoms with Crippen LogP contribution in [-0.4, -0.2) is 11.1 Å². The first-order valence-electron chi connectivity index (χ1n) is 7.03. The van der Waals surface area contributed by atoms with Crippen LogP contribution in [0.25, 0.3) is 0 Å². The molecule has 0 aliphatic carbocycles. The van der Waals surface area contributed by atoms with E-state index in [0.717, 1.165) is 12.1 Å². The summed E-state index contributed by atoms with van der Waals surface area (Å²) in [5.41, 5.74) is 1.16. The zero-order chi connectivity index (χ0) is 16.3. The zero-order valence-electron chi connectivity index (χ0n) is 12.4. The Kier molecular flexibility index (Phi) is 5.21. The predicted octanol–water partition coefficient (Wildman–Crippen LogP) is 3.88. The molecular formula is C17H18F3NO. The van der Waals surface area contributed by atoms with Crippen LogP contribution >= 0.6 is 0 Å². The van der Waals surface area contributed by atoms with Crippen molar-refractivity contribution in [3.8, 4) is 0 Å². The van der Waals surface area contributed by atoms with Gasteiger partial charge in [-0.2, -0.15) is 0 Å². The second-order valence-electron chi connectivity index (χ2n) is 5.35. The highest BCUT2D eigenvalue weighted by Crippen LogP contribution is 2.21. The molecule has 2 N–H and O–H groups in total. The SMILES string of the molecule is CC(NC(C)C(O)c1ccc(F)cc1)c1ccc(F)c(F)c1. The molecule has 2 rings (SSSR count). The van der Waals surface area contributed by atoms with Gasteiger partial charge in [-0.05, 0) is 49.2 Å². The molecule has 0 aliphatic heterocycles. The molecule has 3 unspecified atom stereocenters. The first-order chi connectivity index (χ1) is 10.4. The van der Waals surface area contributed by atoms with Crippen molar-refractivity contribution in [3.63, 3.8) is 0 Å². The molecule has 0 fully saturated rings. The van der Waals surface area contributed by atoms with E-state index in [2.05, 4.69) is 5.32 Å². The third-order valence-electron chi connectivity index (χ3n) is 3.64. The fourth-order valence-electron chi connectivity index (χ4n) is 2.31. The van der Waals surface area contributed by atoms with E-state index in [9.17, 15) is 18.3 Å². The van der Waals surface area contributed by atoms with Gasteiger partial charge in [0.2, 0.25) is 0 Å². The van der Waals surface area contributed by atoms with Crippen LogP contribution < -0.4 is 5.32 Å². The van der Waals surface area contributed by atoms with E-state index in [-0.39, 0.29) is 17.9 Å². The minimum atomic E-state index is -0.905. The molecule has 0 aromatic heterocycles. The Bertz CT molecular complexity index is 630. The largest absolute Gasteiger partial charge is 0.387 e. The molecule has 5 heteroatoms. The minimum absolute atomic E-state index is 0.278. The molecule has 118 valence electrons. The molecule has 0 bridgehead atoms. The monoisotopic (exact) mass is 309 g/mol. The Morgan fingerprint density at radius 3 is 2.05 bits per heavy atom. The van der Waals surface area contributed by atoms with Crippen LogP contribution in [0.5, 0.6) is 0 Å². The van der Waals surface area contributed by atoms with Crippen molar-refractivity contribution < 1.29 is 18.3 Å². The summed E-state index contributed by atoms with van der Waals surface area (Å²) in [6, 6.07) is 8.66. The van der Waals surface area contributed by atoms with Gasteiger partial charge in [0.1, 0.15) is 5.82 Å². The molecule has 3 atom stereocenters. The molecule has 2 aromatic carbocycles. The molecule has 2 nitrogen and oxygen atoms in total. The predicted molar refractivity (Wildman–Crippen MR) is 78.7 cm³/mol. The number of aliphatic hydroxyl groups is 1. The van der Waals surface area contributed by atoms with Gasteiger partial charge in [-0.25, -0.2) is 13.2 Å². The number of benzene rings is 2. The fourth-order valence-corrected chi connectivity index (χ4v) is 2.31. The molecule has 0 radical (unpaired) electrons. The lowest BCUT2D eigenvalue weighted by molar-refractivity contribution is 0.130. The van der Waals surface area contributed by atoms with E-state index in [4.69, 9.17) is 0 Å². The molecule has 0 heterocycles. The summed E-state index contributed by atoms with van der Waals surface area (Å²) in [5.74, 6) is -2.17. The highest BCUT2D eigenvalue weighted by atomic mass is 19.2. The maximum Gasteiger partial charge on any atom is 0.159 e. The molecule has 22 heavy (non-hydrogen) atoms. The number of nitrogens with one attached hydrogen (secondary N) is 1. The Hall–Kier alpha value is -1.85. The van der Waals surface area contributed by atoms with Crippen molar-refractivity contribution >= 4 is 0 Å². The molecule has 0 aliphatic rings. The van der Waals surface area contributed by atoms with E-state index in [1.54, 1.807) is 13.8 Å². The number of hydrogen-bond acceptors (Lipinski definition) is 2. The number of aliphatic hydroxyl groups excluding tert-OH is 1. The highest BCUT2D eigenvalue weighted by molar-refractivity contribution is 5.22. The van der Waals surface area contributed by atoms with Gasteiger partial charge in [0.25, 0.3) is 0 Å². The maximum absolute atomic E-state index is 13.3. The van der Waals surface area contributed by atoms with Crippen molar-refractivity contribution in [2.24, 2.45) is 0 Å². The van der Waals surface area contributed by atoms with Crippen LogP contribution in [0, 0.1) is 17.5 Å². The van der Waals surface area contributed by atoms with Gasteiger partial charge in [-0.3, -0.25) is 0 Å². The lowest BCUT2D eigenvalue weighted by Crippen LogP contribution is -2.34. The summed E-state index contributed by atoms with van der Waals surface area (Å²) < 4.78 is 39.1. The quantitative estimate of drug-likeness (QED) is 0.878. The van der Waals surface area contributed by atoms with Gasteiger partial charge in [-0.15, -0.1) is 0 Å². The van der Waals surface area contributed by atoms with E-state index < -0.39 is 17.7 Å². The second-order valence-corrected chi connectivity index (χ2v) is 5.35. The van der Waals surface area contributed by atoms with Crippen molar-refractivity contribution in [1.82, 2.24) is 5.32 Å². The van der Waals surface area contributed by atoms with Crippen molar-refractivity contribution in [1.29, 1.82) is 0 Å². The molecule has 0 spiro atoms. The van der Waals surface area contributed by atoms with Gasteiger partial charge in [0.05, 0.1) is 6.10 Å². The summed E-state index contributed by atoms with van der Waals surface area (Å²) in [5, 5.41) is 13.4. The van der Waals surface area contributed by atoms with Crippen LogP contribution in [-0.2, 0) is 0 Å². The van der Waals surface area contributed by atoms with E-state index in [0.29, 0.717) is 11.1 Å². The van der Waals surface area contributed by atoms with Crippen molar-refractivity contribution in [2.75, 3.05) is 0 Å². The molecule has 0 saturated carbocycles. The average molecular weight is 309 g/mol. The number of halogens is 3. The smallest absolute Gasteiger partial charge is 0.159 e. The van der Waals surface area contributed by atoms with E-state index >= 15 is 0 Å². The third kappa shape index (κ3) is 3.87. The third-order valence-corrected chi connectivity index (χ3v) is 3.64. The van der Waals surface area contributed by atoms with Gasteiger partial charge in [0.15, 0.2) is 11.6 Å². The second kappa shape index (κ2) is 6.94. The van der Waals surface area contributed by atoms with Gasteiger partial charge < -0.3 is 10.4 Å². The minimum Gasteiger partial charge on any atom is -0.387 e. The summed E-state index contributed by atoms with van der Waals surface area (Å²) in [6.45, 7) is 3.56. The first-order valence-corrected chi connectivity index (χ1v) is 7.03. The number of rotatable bonds is 5. The fraction of sp³-hybridized carbons (Fsp3) is 0.294. The first kappa shape index (κ1) is 16.5. The van der Waals surface area contributed by atoms with Gasteiger partial charge in [0, 0.05) is 12.1 Å². The van der Waals surface area contributed by atoms with Crippen LogP contribution in [0.1, 0.15) is 37.1 Å². The van der Waals surface area contributed by atoms with E-state index in [1.807, 2.05) is 0 Å². The van der Waals surface area contributed by atoms with Crippen LogP contribution in [0.2, 0.25) is 0 Å². The van der Waals surface area contributed by atoms with Crippen molar-refractivity contribution in [2.45, 2.75) is 32.0 Å². The summed E-state index contributed by atoms with van der Waals surface area (Å²) in [4.78, 5) is 0. The molecule has 0 amide bonds. The van der Waals surface area contributed by atoms with Crippen LogP contribution in [0.4, 0.5) is 13.2 Å². The Labute approximate surface area is 127 Å². The Morgan fingerprint density at radius 2 is 1.45 bits per heavy atom. The van der Waals surface area contributed by atoms with Gasteiger partial charge >= 0.3 is 0 Å². The number of hydrogen-bond donors (Lipinski definition) is 2. The molecule has 0 saturated heterocycles. The van der Waals surface area contributed by atoms with Crippen LogP contribution in [0.3, 0.4) is 0 Å². The van der Waals surface area contributed by atoms with Crippen molar-refractivity contribution in [3.05, 3.63) is 71.0 Å². The molecule has 2 aromatic rings. The lowest BCUT2D eigenvalue weighted by atomic mass is 10.0. The average Bonchev–Trinajstić information content (AvgIpc) is 2.50. The summed E-state index contributed by atoms with van der Waals surface area (Å²) in [7, 11) is 0. The standard InChI is InChI=1S/C17H18F3NO/c1-10(13-5-8-15(19)16(20)9-13)21-11(2)17(22)12-3-6-14(18)7-4-12/h3-11,17,21-22H,1-2H3. The normalized spacial score (nSPS) is 15.4. The topological polar surface area (TPSA) is 32.3 Å². The van der Waals surface area contributed by atoms with Crippen LogP contribution in [0.15, 0.2) is 42.5 Å². The Balaban J connectivity index is 2.05. The van der Waals surface area contributed by atoms with Gasteiger partial charge in [-0.1, -0.05) is 18.2 Å². The summed E-state index contributed by atoms with van der Waals surface area (Å²) >= 11 is 0. The highest BCUT2D eigenvalue weighted by Gasteiger charge is 2.19. The lowest BCUT2D eigenvalue weighted by Gasteiger charge is -2.25. The summed E-state index contributed by atoms with van der Waals surface area (Å²) in [6.07, 6.45) is -0.839.